The predicted octanol–water partition coefficient (Wildman–Crippen LogP) is 3.15. The Bertz CT molecular complexity index is 413. The predicted molar refractivity (Wildman–Crippen MR) is 55.9 cm³/mol. The van der Waals surface area contributed by atoms with Gasteiger partial charge in [-0.3, -0.25) is 0 Å². The summed E-state index contributed by atoms with van der Waals surface area (Å²) in [6.45, 7) is 0. The molecule has 0 fully saturated rings. The molecule has 0 aromatic heterocycles. The summed E-state index contributed by atoms with van der Waals surface area (Å²) in [5, 5.41) is 17.3. The molecule has 13 heavy (non-hydrogen) atoms. The minimum absolute atomic E-state index is 0.247. The van der Waals surface area contributed by atoms with Crippen molar-refractivity contribution in [3.8, 4) is 12.1 Å². The van der Waals surface area contributed by atoms with Crippen LogP contribution in [0, 0.1) is 22.7 Å². The highest BCUT2D eigenvalue weighted by molar-refractivity contribution is 9.11. The van der Waals surface area contributed by atoms with Gasteiger partial charge in [-0.1, -0.05) is 31.9 Å². The van der Waals surface area contributed by atoms with Crippen LogP contribution in [0.3, 0.4) is 0 Å². The first kappa shape index (κ1) is 10.2. The van der Waals surface area contributed by atoms with E-state index in [0.29, 0.717) is 5.56 Å². The lowest BCUT2D eigenvalue weighted by Crippen LogP contribution is -1.90. The Morgan fingerprint density at radius 1 is 1.23 bits per heavy atom. The van der Waals surface area contributed by atoms with Gasteiger partial charge in [-0.2, -0.15) is 10.5 Å². The molecular weight excluding hydrogens is 296 g/mol. The van der Waals surface area contributed by atoms with Crippen LogP contribution in [-0.2, 0) is 6.42 Å². The van der Waals surface area contributed by atoms with Crippen molar-refractivity contribution in [1.82, 2.24) is 0 Å². The average molecular weight is 300 g/mol. The number of benzene rings is 1. The molecule has 0 unspecified atom stereocenters. The Labute approximate surface area is 93.0 Å². The summed E-state index contributed by atoms with van der Waals surface area (Å²) in [7, 11) is 0. The Morgan fingerprint density at radius 3 is 2.46 bits per heavy atom. The van der Waals surface area contributed by atoms with Crippen molar-refractivity contribution in [2.45, 2.75) is 6.42 Å². The maximum Gasteiger partial charge on any atom is 0.0995 e. The fourth-order valence-corrected chi connectivity index (χ4v) is 2.33. The molecule has 0 heterocycles. The number of halogens is 2. The second-order valence-corrected chi connectivity index (χ2v) is 4.13. The van der Waals surface area contributed by atoms with Crippen LogP contribution in [0.2, 0.25) is 0 Å². The van der Waals surface area contributed by atoms with E-state index in [2.05, 4.69) is 37.9 Å². The molecule has 0 radical (unpaired) electrons. The van der Waals surface area contributed by atoms with Gasteiger partial charge in [0.15, 0.2) is 0 Å². The van der Waals surface area contributed by atoms with Gasteiger partial charge >= 0.3 is 0 Å². The third-order valence-corrected chi connectivity index (χ3v) is 2.70. The monoisotopic (exact) mass is 298 g/mol. The van der Waals surface area contributed by atoms with Crippen LogP contribution in [0.15, 0.2) is 21.1 Å². The molecule has 0 spiro atoms. The Hall–Kier alpha value is -0.840. The molecule has 2 nitrogen and oxygen atoms in total. The fourth-order valence-electron chi connectivity index (χ4n) is 0.962. The van der Waals surface area contributed by atoms with Crippen LogP contribution in [0.1, 0.15) is 11.1 Å². The molecule has 0 N–H and O–H groups in total. The van der Waals surface area contributed by atoms with Crippen LogP contribution >= 0.6 is 31.9 Å². The van der Waals surface area contributed by atoms with E-state index in [1.54, 1.807) is 6.07 Å². The molecule has 0 amide bonds. The number of hydrogen-bond acceptors (Lipinski definition) is 2. The molecule has 0 saturated carbocycles. The summed E-state index contributed by atoms with van der Waals surface area (Å²) in [4.78, 5) is 0. The molecule has 0 aliphatic carbocycles. The van der Waals surface area contributed by atoms with Crippen LogP contribution in [-0.4, -0.2) is 0 Å². The van der Waals surface area contributed by atoms with Gasteiger partial charge in [0.1, 0.15) is 0 Å². The van der Waals surface area contributed by atoms with Gasteiger partial charge in [0.2, 0.25) is 0 Å². The highest BCUT2D eigenvalue weighted by atomic mass is 79.9. The molecule has 0 atom stereocenters. The summed E-state index contributed by atoms with van der Waals surface area (Å²) < 4.78 is 1.62. The molecule has 4 heteroatoms. The number of hydrogen-bond donors (Lipinski definition) is 0. The van der Waals surface area contributed by atoms with Crippen molar-refractivity contribution < 1.29 is 0 Å². The average Bonchev–Trinajstić information content (AvgIpc) is 2.09. The third-order valence-electron chi connectivity index (χ3n) is 1.54. The van der Waals surface area contributed by atoms with E-state index in [1.165, 1.54) is 0 Å². The Balaban J connectivity index is 3.34. The van der Waals surface area contributed by atoms with Crippen LogP contribution < -0.4 is 0 Å². The van der Waals surface area contributed by atoms with Crippen molar-refractivity contribution in [3.05, 3.63) is 32.2 Å². The second kappa shape index (κ2) is 4.41. The molecule has 1 aromatic rings. The fraction of sp³-hybridized carbons (Fsp3) is 0.111. The van der Waals surface area contributed by atoms with Crippen molar-refractivity contribution in [2.75, 3.05) is 0 Å². The van der Waals surface area contributed by atoms with Gasteiger partial charge < -0.3 is 0 Å². The Kier molecular flexibility index (Phi) is 3.48. The lowest BCUT2D eigenvalue weighted by molar-refractivity contribution is 1.22. The zero-order valence-corrected chi connectivity index (χ0v) is 9.68. The van der Waals surface area contributed by atoms with Gasteiger partial charge in [-0.25, -0.2) is 0 Å². The van der Waals surface area contributed by atoms with Crippen LogP contribution in [0.4, 0.5) is 0 Å². The van der Waals surface area contributed by atoms with E-state index < -0.39 is 0 Å². The first-order valence-electron chi connectivity index (χ1n) is 3.44. The summed E-state index contributed by atoms with van der Waals surface area (Å²) in [6.07, 6.45) is 0.247. The largest absolute Gasteiger partial charge is 0.198 e. The number of nitriles is 2. The topological polar surface area (TPSA) is 47.6 Å². The first-order chi connectivity index (χ1) is 6.19. The lowest BCUT2D eigenvalue weighted by Gasteiger charge is -2.02. The normalized spacial score (nSPS) is 8.92. The molecular formula is C9H4Br2N2. The standard InChI is InChI=1S/C9H4Br2N2/c10-7-3-6(5-13)8(1-2-12)9(11)4-7/h3-4H,1H2. The second-order valence-electron chi connectivity index (χ2n) is 2.36. The van der Waals surface area contributed by atoms with E-state index in [1.807, 2.05) is 12.1 Å². The Morgan fingerprint density at radius 2 is 1.92 bits per heavy atom. The summed E-state index contributed by atoms with van der Waals surface area (Å²) in [6, 6.07) is 7.61. The molecule has 0 saturated heterocycles. The molecule has 0 aliphatic heterocycles. The van der Waals surface area contributed by atoms with Crippen molar-refractivity contribution in [1.29, 1.82) is 10.5 Å². The molecule has 1 aromatic carbocycles. The van der Waals surface area contributed by atoms with Crippen molar-refractivity contribution in [2.24, 2.45) is 0 Å². The molecule has 1 rings (SSSR count). The minimum atomic E-state index is 0.247. The molecule has 0 aliphatic rings. The van der Waals surface area contributed by atoms with Gasteiger partial charge in [0, 0.05) is 8.95 Å². The first-order valence-corrected chi connectivity index (χ1v) is 5.02. The maximum absolute atomic E-state index is 8.79. The summed E-state index contributed by atoms with van der Waals surface area (Å²) in [5.41, 5.74) is 1.27. The highest BCUT2D eigenvalue weighted by Crippen LogP contribution is 2.25. The maximum atomic E-state index is 8.79. The smallest absolute Gasteiger partial charge is 0.0995 e. The van der Waals surface area contributed by atoms with E-state index in [0.717, 1.165) is 14.5 Å². The van der Waals surface area contributed by atoms with Gasteiger partial charge in [-0.05, 0) is 17.7 Å². The van der Waals surface area contributed by atoms with Crippen LogP contribution in [0.5, 0.6) is 0 Å². The van der Waals surface area contributed by atoms with Gasteiger partial charge in [0.25, 0.3) is 0 Å². The third kappa shape index (κ3) is 2.30. The highest BCUT2D eigenvalue weighted by Gasteiger charge is 2.07. The quantitative estimate of drug-likeness (QED) is 0.800. The summed E-state index contributed by atoms with van der Waals surface area (Å²) in [5.74, 6) is 0. The van der Waals surface area contributed by atoms with E-state index >= 15 is 0 Å². The molecule has 0 bridgehead atoms. The van der Waals surface area contributed by atoms with Crippen LogP contribution in [0.25, 0.3) is 0 Å². The van der Waals surface area contributed by atoms with Crippen molar-refractivity contribution >= 4 is 31.9 Å². The number of rotatable bonds is 1. The van der Waals surface area contributed by atoms with Gasteiger partial charge in [0.05, 0.1) is 24.1 Å². The number of nitrogens with zero attached hydrogens (tertiary/aromatic N) is 2. The van der Waals surface area contributed by atoms with E-state index in [-0.39, 0.29) is 6.42 Å². The van der Waals surface area contributed by atoms with Gasteiger partial charge in [-0.15, -0.1) is 0 Å². The van der Waals surface area contributed by atoms with E-state index in [9.17, 15) is 0 Å². The zero-order chi connectivity index (χ0) is 9.84. The minimum Gasteiger partial charge on any atom is -0.198 e. The van der Waals surface area contributed by atoms with E-state index in [4.69, 9.17) is 10.5 Å². The van der Waals surface area contributed by atoms with Crippen molar-refractivity contribution in [3.63, 3.8) is 0 Å². The zero-order valence-electron chi connectivity index (χ0n) is 6.51. The molecule has 64 valence electrons. The lowest BCUT2D eigenvalue weighted by atomic mass is 10.1. The SMILES string of the molecule is N#CCc1c(Br)cc(Br)cc1C#N. The summed E-state index contributed by atoms with van der Waals surface area (Å²) >= 11 is 6.58.